The Morgan fingerprint density at radius 3 is 2.54 bits per heavy atom. The molecule has 26 heavy (non-hydrogen) atoms. The van der Waals surface area contributed by atoms with Crippen LogP contribution in [0.15, 0.2) is 29.3 Å². The van der Waals surface area contributed by atoms with Gasteiger partial charge in [0.25, 0.3) is 5.91 Å². The van der Waals surface area contributed by atoms with E-state index in [2.05, 4.69) is 17.2 Å². The fourth-order valence-corrected chi connectivity index (χ4v) is 2.60. The van der Waals surface area contributed by atoms with Crippen molar-refractivity contribution in [3.8, 4) is 0 Å². The van der Waals surface area contributed by atoms with Crippen molar-refractivity contribution in [1.29, 1.82) is 0 Å². The molecule has 0 aliphatic heterocycles. The summed E-state index contributed by atoms with van der Waals surface area (Å²) in [5.74, 6) is 0.531. The molecule has 0 heterocycles. The fraction of sp³-hybridized carbons (Fsp3) is 0.600. The van der Waals surface area contributed by atoms with Crippen LogP contribution in [0.5, 0.6) is 0 Å². The molecule has 0 atom stereocenters. The molecule has 0 fully saturated rings. The average molecular weight is 474 g/mol. The summed E-state index contributed by atoms with van der Waals surface area (Å²) in [4.78, 5) is 17.9. The first-order valence-corrected chi connectivity index (χ1v) is 9.39. The zero-order valence-corrected chi connectivity index (χ0v) is 18.8. The van der Waals surface area contributed by atoms with Gasteiger partial charge in [-0.15, -0.1) is 24.0 Å². The first-order valence-electron chi connectivity index (χ1n) is 9.39. The maximum absolute atomic E-state index is 12.0. The molecule has 0 spiro atoms. The number of amides is 1. The van der Waals surface area contributed by atoms with Gasteiger partial charge in [-0.05, 0) is 30.5 Å². The molecule has 1 aromatic rings. The van der Waals surface area contributed by atoms with Gasteiger partial charge >= 0.3 is 0 Å². The van der Waals surface area contributed by atoms with E-state index in [9.17, 15) is 4.79 Å². The normalized spacial score (nSPS) is 11.0. The number of hydrogen-bond donors (Lipinski definition) is 2. The standard InChI is InChI=1S/C20H34N4O.HI/c1-4-5-6-7-8-9-14-22-20(21)23-15-13-17-11-10-12-18(16-17)19(25)24(2)3;/h10-12,16H,4-9,13-15H2,1-3H3,(H3,21,22,23);1H. The Hall–Kier alpha value is -1.31. The molecule has 0 saturated carbocycles. The zero-order valence-electron chi connectivity index (χ0n) is 16.5. The number of aliphatic imine (C=N–C) groups is 1. The smallest absolute Gasteiger partial charge is 0.253 e. The zero-order chi connectivity index (χ0) is 18.5. The molecule has 5 nitrogen and oxygen atoms in total. The molecule has 1 rings (SSSR count). The van der Waals surface area contributed by atoms with Crippen molar-refractivity contribution in [3.63, 3.8) is 0 Å². The lowest BCUT2D eigenvalue weighted by molar-refractivity contribution is 0.0827. The van der Waals surface area contributed by atoms with E-state index in [0.29, 0.717) is 18.1 Å². The monoisotopic (exact) mass is 474 g/mol. The highest BCUT2D eigenvalue weighted by molar-refractivity contribution is 14.0. The molecule has 1 aromatic carbocycles. The quantitative estimate of drug-likeness (QED) is 0.222. The SMILES string of the molecule is CCCCCCCCN=C(N)NCCc1cccc(C(=O)N(C)C)c1.I. The Balaban J connectivity index is 0.00000625. The van der Waals surface area contributed by atoms with Crippen LogP contribution in [0.1, 0.15) is 61.4 Å². The number of rotatable bonds is 11. The Morgan fingerprint density at radius 1 is 1.15 bits per heavy atom. The predicted octanol–water partition coefficient (Wildman–Crippen LogP) is 3.81. The van der Waals surface area contributed by atoms with Gasteiger partial charge < -0.3 is 16.0 Å². The highest BCUT2D eigenvalue weighted by Gasteiger charge is 2.07. The molecule has 0 radical (unpaired) electrons. The first-order chi connectivity index (χ1) is 12.0. The number of halogens is 1. The van der Waals surface area contributed by atoms with E-state index < -0.39 is 0 Å². The summed E-state index contributed by atoms with van der Waals surface area (Å²) in [6.45, 7) is 3.73. The molecule has 0 aliphatic rings. The van der Waals surface area contributed by atoms with Gasteiger partial charge in [0.15, 0.2) is 5.96 Å². The van der Waals surface area contributed by atoms with Crippen LogP contribution in [-0.4, -0.2) is 44.0 Å². The third-order valence-corrected chi connectivity index (χ3v) is 4.09. The molecule has 0 aliphatic carbocycles. The van der Waals surface area contributed by atoms with E-state index in [1.807, 2.05) is 24.3 Å². The van der Waals surface area contributed by atoms with Gasteiger partial charge in [-0.3, -0.25) is 9.79 Å². The van der Waals surface area contributed by atoms with Crippen molar-refractivity contribution in [1.82, 2.24) is 10.2 Å². The Labute approximate surface area is 175 Å². The fourth-order valence-electron chi connectivity index (χ4n) is 2.60. The second-order valence-electron chi connectivity index (χ2n) is 6.61. The average Bonchev–Trinajstić information content (AvgIpc) is 2.60. The Bertz CT molecular complexity index is 546. The summed E-state index contributed by atoms with van der Waals surface area (Å²) in [6, 6.07) is 7.73. The molecule has 0 aromatic heterocycles. The van der Waals surface area contributed by atoms with Gasteiger partial charge in [0.1, 0.15) is 0 Å². The number of carbonyl (C=O) groups is 1. The number of carbonyl (C=O) groups excluding carboxylic acids is 1. The molecule has 6 heteroatoms. The number of nitrogens with zero attached hydrogens (tertiary/aromatic N) is 2. The van der Waals surface area contributed by atoms with Crippen molar-refractivity contribution in [2.24, 2.45) is 10.7 Å². The molecule has 1 amide bonds. The third-order valence-electron chi connectivity index (χ3n) is 4.09. The lowest BCUT2D eigenvalue weighted by Crippen LogP contribution is -2.33. The van der Waals surface area contributed by atoms with Gasteiger partial charge in [0.2, 0.25) is 0 Å². The molecule has 148 valence electrons. The van der Waals surface area contributed by atoms with Crippen LogP contribution in [0, 0.1) is 0 Å². The molecule has 0 unspecified atom stereocenters. The highest BCUT2D eigenvalue weighted by Crippen LogP contribution is 2.08. The van der Waals surface area contributed by atoms with E-state index >= 15 is 0 Å². The van der Waals surface area contributed by atoms with Crippen molar-refractivity contribution >= 4 is 35.8 Å². The summed E-state index contributed by atoms with van der Waals surface area (Å²) < 4.78 is 0. The molecular formula is C20H35IN4O. The Kier molecular flexibility index (Phi) is 14.1. The number of unbranched alkanes of at least 4 members (excludes halogenated alkanes) is 5. The second-order valence-corrected chi connectivity index (χ2v) is 6.61. The first kappa shape index (κ1) is 24.7. The highest BCUT2D eigenvalue weighted by atomic mass is 127. The second kappa shape index (κ2) is 14.8. The van der Waals surface area contributed by atoms with Gasteiger partial charge in [-0.1, -0.05) is 51.2 Å². The van der Waals surface area contributed by atoms with Crippen molar-refractivity contribution in [3.05, 3.63) is 35.4 Å². The summed E-state index contributed by atoms with van der Waals surface area (Å²) in [5.41, 5.74) is 7.73. The van der Waals surface area contributed by atoms with Crippen molar-refractivity contribution in [2.75, 3.05) is 27.2 Å². The van der Waals surface area contributed by atoms with Crippen molar-refractivity contribution in [2.45, 2.75) is 51.9 Å². The number of nitrogens with two attached hydrogens (primary N) is 1. The van der Waals surface area contributed by atoms with E-state index in [1.54, 1.807) is 19.0 Å². The van der Waals surface area contributed by atoms with Gasteiger partial charge in [0, 0.05) is 32.7 Å². The third kappa shape index (κ3) is 10.6. The van der Waals surface area contributed by atoms with Crippen LogP contribution >= 0.6 is 24.0 Å². The molecule has 0 saturated heterocycles. The lowest BCUT2D eigenvalue weighted by atomic mass is 10.1. The minimum absolute atomic E-state index is 0. The van der Waals surface area contributed by atoms with Crippen LogP contribution in [0.25, 0.3) is 0 Å². The molecular weight excluding hydrogens is 439 g/mol. The molecule has 3 N–H and O–H groups in total. The summed E-state index contributed by atoms with van der Waals surface area (Å²) in [6.07, 6.45) is 8.35. The number of hydrogen-bond acceptors (Lipinski definition) is 2. The largest absolute Gasteiger partial charge is 0.370 e. The van der Waals surface area contributed by atoms with E-state index in [1.165, 1.54) is 32.1 Å². The van der Waals surface area contributed by atoms with Gasteiger partial charge in [-0.25, -0.2) is 0 Å². The maximum Gasteiger partial charge on any atom is 0.253 e. The predicted molar refractivity (Wildman–Crippen MR) is 121 cm³/mol. The summed E-state index contributed by atoms with van der Waals surface area (Å²) in [7, 11) is 3.52. The van der Waals surface area contributed by atoms with Crippen LogP contribution in [0.2, 0.25) is 0 Å². The summed E-state index contributed by atoms with van der Waals surface area (Å²) >= 11 is 0. The number of guanidine groups is 1. The van der Waals surface area contributed by atoms with Gasteiger partial charge in [0.05, 0.1) is 0 Å². The molecule has 0 bridgehead atoms. The van der Waals surface area contributed by atoms with Crippen LogP contribution in [-0.2, 0) is 6.42 Å². The maximum atomic E-state index is 12.0. The Morgan fingerprint density at radius 2 is 1.85 bits per heavy atom. The van der Waals surface area contributed by atoms with Crippen LogP contribution in [0.4, 0.5) is 0 Å². The van der Waals surface area contributed by atoms with E-state index in [4.69, 9.17) is 5.73 Å². The summed E-state index contributed by atoms with van der Waals surface area (Å²) in [5, 5.41) is 3.15. The van der Waals surface area contributed by atoms with Crippen LogP contribution in [0.3, 0.4) is 0 Å². The minimum atomic E-state index is 0. The van der Waals surface area contributed by atoms with E-state index in [-0.39, 0.29) is 29.9 Å². The van der Waals surface area contributed by atoms with E-state index in [0.717, 1.165) is 24.9 Å². The lowest BCUT2D eigenvalue weighted by Gasteiger charge is -2.11. The van der Waals surface area contributed by atoms with Crippen LogP contribution < -0.4 is 11.1 Å². The number of benzene rings is 1. The topological polar surface area (TPSA) is 70.7 Å². The van der Waals surface area contributed by atoms with Crippen molar-refractivity contribution < 1.29 is 4.79 Å². The number of nitrogens with one attached hydrogen (secondary N) is 1. The van der Waals surface area contributed by atoms with Gasteiger partial charge in [-0.2, -0.15) is 0 Å². The minimum Gasteiger partial charge on any atom is -0.370 e.